The molecule has 2 nitrogen and oxygen atoms in total. The number of hydrogen-bond acceptors (Lipinski definition) is 2. The quantitative estimate of drug-likeness (QED) is 0.449. The minimum absolute atomic E-state index is 0.362. The standard InChI is InChI=1S/C12H15BrO2/c13-7-11-3-1-2-4-12(11)15-9-14-8-10-5-6-10/h1-4,10H,5-9H2. The maximum atomic E-state index is 5.55. The Bertz CT molecular complexity index is 310. The summed E-state index contributed by atoms with van der Waals surface area (Å²) in [7, 11) is 0. The van der Waals surface area contributed by atoms with Gasteiger partial charge < -0.3 is 9.47 Å². The first-order chi connectivity index (χ1) is 7.40. The molecule has 3 heteroatoms. The predicted molar refractivity (Wildman–Crippen MR) is 63.2 cm³/mol. The van der Waals surface area contributed by atoms with Crippen molar-refractivity contribution in [1.82, 2.24) is 0 Å². The Morgan fingerprint density at radius 2 is 2.07 bits per heavy atom. The third-order valence-corrected chi connectivity index (χ3v) is 3.07. The van der Waals surface area contributed by atoms with E-state index in [1.165, 1.54) is 12.8 Å². The summed E-state index contributed by atoms with van der Waals surface area (Å²) in [6, 6.07) is 8.00. The second-order valence-corrected chi connectivity index (χ2v) is 4.38. The lowest BCUT2D eigenvalue weighted by molar-refractivity contribution is 0.00959. The SMILES string of the molecule is BrCc1ccccc1OCOCC1CC1. The van der Waals surface area contributed by atoms with Gasteiger partial charge in [0.1, 0.15) is 5.75 Å². The third kappa shape index (κ3) is 3.50. The number of halogens is 1. The van der Waals surface area contributed by atoms with Crippen molar-refractivity contribution in [2.45, 2.75) is 18.2 Å². The summed E-state index contributed by atoms with van der Waals surface area (Å²) in [4.78, 5) is 0. The van der Waals surface area contributed by atoms with E-state index < -0.39 is 0 Å². The molecular weight excluding hydrogens is 256 g/mol. The smallest absolute Gasteiger partial charge is 0.189 e. The molecule has 0 heterocycles. The van der Waals surface area contributed by atoms with Crippen molar-refractivity contribution in [3.8, 4) is 5.75 Å². The van der Waals surface area contributed by atoms with Crippen LogP contribution in [0.5, 0.6) is 5.75 Å². The minimum Gasteiger partial charge on any atom is -0.467 e. The number of benzene rings is 1. The van der Waals surface area contributed by atoms with Crippen molar-refractivity contribution in [1.29, 1.82) is 0 Å². The largest absolute Gasteiger partial charge is 0.467 e. The van der Waals surface area contributed by atoms with Gasteiger partial charge in [-0.1, -0.05) is 34.1 Å². The van der Waals surface area contributed by atoms with Crippen molar-refractivity contribution in [2.24, 2.45) is 5.92 Å². The van der Waals surface area contributed by atoms with Gasteiger partial charge in [-0.05, 0) is 24.8 Å². The fraction of sp³-hybridized carbons (Fsp3) is 0.500. The highest BCUT2D eigenvalue weighted by atomic mass is 79.9. The van der Waals surface area contributed by atoms with Crippen LogP contribution < -0.4 is 4.74 Å². The van der Waals surface area contributed by atoms with Gasteiger partial charge in [-0.25, -0.2) is 0 Å². The van der Waals surface area contributed by atoms with Crippen molar-refractivity contribution in [2.75, 3.05) is 13.4 Å². The minimum atomic E-state index is 0.362. The molecule has 0 unspecified atom stereocenters. The van der Waals surface area contributed by atoms with E-state index in [-0.39, 0.29) is 0 Å². The topological polar surface area (TPSA) is 18.5 Å². The molecule has 1 saturated carbocycles. The first kappa shape index (κ1) is 11.0. The van der Waals surface area contributed by atoms with Gasteiger partial charge in [-0.15, -0.1) is 0 Å². The molecule has 0 atom stereocenters. The molecule has 0 aromatic heterocycles. The van der Waals surface area contributed by atoms with E-state index in [9.17, 15) is 0 Å². The molecule has 0 bridgehead atoms. The monoisotopic (exact) mass is 270 g/mol. The average Bonchev–Trinajstić information content (AvgIpc) is 3.09. The Balaban J connectivity index is 1.75. The van der Waals surface area contributed by atoms with Crippen LogP contribution in [0.1, 0.15) is 18.4 Å². The summed E-state index contributed by atoms with van der Waals surface area (Å²) in [6.45, 7) is 1.21. The zero-order valence-corrected chi connectivity index (χ0v) is 10.2. The van der Waals surface area contributed by atoms with E-state index in [0.29, 0.717) is 6.79 Å². The molecule has 0 saturated heterocycles. The number of hydrogen-bond donors (Lipinski definition) is 0. The molecule has 1 aromatic rings. The number of rotatable bonds is 6. The van der Waals surface area contributed by atoms with Crippen LogP contribution in [0.2, 0.25) is 0 Å². The summed E-state index contributed by atoms with van der Waals surface area (Å²) >= 11 is 3.43. The van der Waals surface area contributed by atoms with Gasteiger partial charge >= 0.3 is 0 Å². The molecule has 15 heavy (non-hydrogen) atoms. The van der Waals surface area contributed by atoms with Crippen molar-refractivity contribution < 1.29 is 9.47 Å². The lowest BCUT2D eigenvalue weighted by atomic mass is 10.2. The zero-order chi connectivity index (χ0) is 10.5. The molecule has 0 radical (unpaired) electrons. The summed E-state index contributed by atoms with van der Waals surface area (Å²) < 4.78 is 11.0. The van der Waals surface area contributed by atoms with Gasteiger partial charge in [0.25, 0.3) is 0 Å². The van der Waals surface area contributed by atoms with E-state index in [1.54, 1.807) is 0 Å². The van der Waals surface area contributed by atoms with Gasteiger partial charge in [-0.3, -0.25) is 0 Å². The highest BCUT2D eigenvalue weighted by Gasteiger charge is 2.21. The van der Waals surface area contributed by atoms with E-state index >= 15 is 0 Å². The molecular formula is C12H15BrO2. The molecule has 0 N–H and O–H groups in total. The lowest BCUT2D eigenvalue weighted by Gasteiger charge is -2.09. The van der Waals surface area contributed by atoms with Gasteiger partial charge in [0.2, 0.25) is 0 Å². The second-order valence-electron chi connectivity index (χ2n) is 3.82. The van der Waals surface area contributed by atoms with Crippen LogP contribution in [0.4, 0.5) is 0 Å². The summed E-state index contributed by atoms with van der Waals surface area (Å²) in [6.07, 6.45) is 2.63. The first-order valence-electron chi connectivity index (χ1n) is 5.24. The van der Waals surface area contributed by atoms with Crippen LogP contribution in [0.3, 0.4) is 0 Å². The molecule has 1 aliphatic carbocycles. The van der Waals surface area contributed by atoms with E-state index in [1.807, 2.05) is 24.3 Å². The number of para-hydroxylation sites is 1. The normalized spacial score (nSPS) is 15.3. The maximum absolute atomic E-state index is 5.55. The summed E-state index contributed by atoms with van der Waals surface area (Å²) in [5.41, 5.74) is 1.16. The maximum Gasteiger partial charge on any atom is 0.189 e. The zero-order valence-electron chi connectivity index (χ0n) is 8.62. The molecule has 1 aliphatic rings. The Morgan fingerprint density at radius 1 is 1.27 bits per heavy atom. The molecule has 0 aliphatic heterocycles. The Hall–Kier alpha value is -0.540. The van der Waals surface area contributed by atoms with Gasteiger partial charge in [-0.2, -0.15) is 0 Å². The van der Waals surface area contributed by atoms with Crippen LogP contribution in [0.15, 0.2) is 24.3 Å². The van der Waals surface area contributed by atoms with Crippen LogP contribution >= 0.6 is 15.9 Å². The van der Waals surface area contributed by atoms with Crippen molar-refractivity contribution in [3.63, 3.8) is 0 Å². The molecule has 82 valence electrons. The lowest BCUT2D eigenvalue weighted by Crippen LogP contribution is -2.06. The van der Waals surface area contributed by atoms with Gasteiger partial charge in [0.05, 0.1) is 6.61 Å². The van der Waals surface area contributed by atoms with Crippen LogP contribution in [0, 0.1) is 5.92 Å². The Labute approximate surface area is 98.7 Å². The summed E-state index contributed by atoms with van der Waals surface area (Å²) in [5, 5.41) is 0.811. The first-order valence-corrected chi connectivity index (χ1v) is 6.36. The van der Waals surface area contributed by atoms with Gasteiger partial charge in [0.15, 0.2) is 6.79 Å². The van der Waals surface area contributed by atoms with E-state index in [2.05, 4.69) is 15.9 Å². The Kier molecular flexibility index (Phi) is 4.03. The van der Waals surface area contributed by atoms with Crippen LogP contribution in [-0.4, -0.2) is 13.4 Å². The second kappa shape index (κ2) is 5.52. The van der Waals surface area contributed by atoms with Gasteiger partial charge in [0, 0.05) is 10.9 Å². The van der Waals surface area contributed by atoms with E-state index in [0.717, 1.165) is 29.2 Å². The molecule has 1 aromatic carbocycles. The predicted octanol–water partition coefficient (Wildman–Crippen LogP) is 3.34. The fourth-order valence-corrected chi connectivity index (χ4v) is 1.82. The molecule has 2 rings (SSSR count). The average molecular weight is 271 g/mol. The Morgan fingerprint density at radius 3 is 2.80 bits per heavy atom. The summed E-state index contributed by atoms with van der Waals surface area (Å²) in [5.74, 6) is 1.70. The number of ether oxygens (including phenoxy) is 2. The van der Waals surface area contributed by atoms with Crippen LogP contribution in [-0.2, 0) is 10.1 Å². The third-order valence-electron chi connectivity index (χ3n) is 2.46. The van der Waals surface area contributed by atoms with Crippen molar-refractivity contribution >= 4 is 15.9 Å². The van der Waals surface area contributed by atoms with Crippen molar-refractivity contribution in [3.05, 3.63) is 29.8 Å². The van der Waals surface area contributed by atoms with E-state index in [4.69, 9.17) is 9.47 Å². The fourth-order valence-electron chi connectivity index (χ4n) is 1.36. The highest BCUT2D eigenvalue weighted by Crippen LogP contribution is 2.28. The molecule has 1 fully saturated rings. The number of alkyl halides is 1. The molecule has 0 amide bonds. The van der Waals surface area contributed by atoms with Crippen LogP contribution in [0.25, 0.3) is 0 Å². The molecule has 0 spiro atoms. The highest BCUT2D eigenvalue weighted by molar-refractivity contribution is 9.08.